The van der Waals surface area contributed by atoms with Crippen molar-refractivity contribution in [2.24, 2.45) is 29.0 Å². The van der Waals surface area contributed by atoms with Crippen molar-refractivity contribution in [1.82, 2.24) is 63.0 Å². The molecule has 2 heterocycles. The van der Waals surface area contributed by atoms with Crippen molar-refractivity contribution in [2.75, 3.05) is 32.8 Å². The summed E-state index contributed by atoms with van der Waals surface area (Å²) in [6.07, 6.45) is -2.75. The number of carboxylic acids is 3. The second-order valence-corrected chi connectivity index (χ2v) is 24.5. The van der Waals surface area contributed by atoms with Gasteiger partial charge in [0.2, 0.25) is 70.9 Å². The van der Waals surface area contributed by atoms with Crippen LogP contribution >= 0.6 is 0 Å². The lowest BCUT2D eigenvalue weighted by Gasteiger charge is -2.32. The maximum atomic E-state index is 14.1. The predicted octanol–water partition coefficient (Wildman–Crippen LogP) is -6.68. The highest BCUT2D eigenvalue weighted by molar-refractivity contribution is 6.00. The molecule has 0 aliphatic carbocycles. The van der Waals surface area contributed by atoms with Gasteiger partial charge in [-0.15, -0.1) is 0 Å². The van der Waals surface area contributed by atoms with Gasteiger partial charge in [-0.1, -0.05) is 34.1 Å². The van der Waals surface area contributed by atoms with E-state index in [1.165, 1.54) is 34.6 Å². The first-order valence-corrected chi connectivity index (χ1v) is 32.0. The molecule has 36 nitrogen and oxygen atoms in total. The van der Waals surface area contributed by atoms with Gasteiger partial charge in [-0.2, -0.15) is 0 Å². The van der Waals surface area contributed by atoms with Crippen LogP contribution in [0.15, 0.2) is 0 Å². The van der Waals surface area contributed by atoms with Gasteiger partial charge in [0.05, 0.1) is 37.7 Å². The lowest BCUT2D eigenvalue weighted by Crippen LogP contribution is -2.62. The summed E-state index contributed by atoms with van der Waals surface area (Å²) in [5, 5.41) is 83.5. The number of aliphatic hydroxyl groups excluding tert-OH is 3. The molecule has 12 amide bonds. The van der Waals surface area contributed by atoms with Crippen LogP contribution in [0.3, 0.4) is 0 Å². The third-order valence-corrected chi connectivity index (χ3v) is 16.1. The first-order chi connectivity index (χ1) is 44.5. The average molecular weight is 1360 g/mol. The molecule has 0 aromatic rings. The summed E-state index contributed by atoms with van der Waals surface area (Å²) < 4.78 is 0. The summed E-state index contributed by atoms with van der Waals surface area (Å²) in [5.41, 5.74) is 17.4. The van der Waals surface area contributed by atoms with E-state index in [0.717, 1.165) is 9.80 Å². The third kappa shape index (κ3) is 26.9. The zero-order chi connectivity index (χ0) is 72.1. The van der Waals surface area contributed by atoms with Crippen molar-refractivity contribution >= 4 is 88.8 Å². The first-order valence-electron chi connectivity index (χ1n) is 32.0. The Morgan fingerprint density at radius 1 is 0.463 bits per heavy atom. The van der Waals surface area contributed by atoms with E-state index in [2.05, 4.69) is 47.9 Å². The highest BCUT2D eigenvalue weighted by atomic mass is 16.4. The van der Waals surface area contributed by atoms with Gasteiger partial charge in [0, 0.05) is 13.1 Å². The SMILES string of the molecule is CC[C@H](C)[C@H](NC(=O)[C@H](CCCCN)NC(=O)[C@H](CO)NC(=O)[C@@H]1CCCN1C(=O)[C@H](C)NC(=O)[C@H](CCCCN)NC(=O)[C@H](C)NC(=O)[C@@H](NC(=O)[C@@H]1CCCN1C(=O)[C@@H](NC(=O)[C@@H](N)CC(C)C)[C@@H](C)O)[C@@H](C)O)C(=O)N[C@@H](CC(=O)O)C(=O)N[C@@H](CC(=O)O)C(=O)O. The van der Waals surface area contributed by atoms with Gasteiger partial charge in [-0.3, -0.25) is 67.1 Å². The van der Waals surface area contributed by atoms with Crippen molar-refractivity contribution in [2.45, 2.75) is 236 Å². The number of aliphatic carboxylic acids is 3. The average Bonchev–Trinajstić information content (AvgIpc) is 1.78. The van der Waals surface area contributed by atoms with Crippen molar-refractivity contribution in [3.63, 3.8) is 0 Å². The van der Waals surface area contributed by atoms with Gasteiger partial charge in [-0.25, -0.2) is 4.79 Å². The molecule has 0 unspecified atom stereocenters. The molecular formula is C59H101N15O21. The van der Waals surface area contributed by atoms with E-state index >= 15 is 0 Å². The summed E-state index contributed by atoms with van der Waals surface area (Å²) in [5.74, 6) is -17.0. The minimum absolute atomic E-state index is 0.00702. The molecule has 2 rings (SSSR count). The lowest BCUT2D eigenvalue weighted by atomic mass is 9.96. The fraction of sp³-hybridized carbons (Fsp3) is 0.746. The molecule has 2 aliphatic heterocycles. The number of hydrogen-bond donors (Lipinski definition) is 19. The molecule has 2 aliphatic rings. The minimum Gasteiger partial charge on any atom is -0.481 e. The highest BCUT2D eigenvalue weighted by Gasteiger charge is 2.43. The van der Waals surface area contributed by atoms with Crippen LogP contribution in [0, 0.1) is 11.8 Å². The topological polar surface area (TPSA) is 582 Å². The quantitative estimate of drug-likeness (QED) is 0.0253. The third-order valence-electron chi connectivity index (χ3n) is 16.1. The normalized spacial score (nSPS) is 18.9. The Kier molecular flexibility index (Phi) is 35.7. The first kappa shape index (κ1) is 82.9. The minimum atomic E-state index is -2.01. The number of nitrogens with zero attached hydrogens (tertiary/aromatic N) is 2. The molecule has 16 atom stereocenters. The van der Waals surface area contributed by atoms with Gasteiger partial charge in [0.15, 0.2) is 0 Å². The number of nitrogens with two attached hydrogens (primary N) is 3. The molecule has 0 aromatic carbocycles. The Morgan fingerprint density at radius 3 is 1.36 bits per heavy atom. The van der Waals surface area contributed by atoms with Crippen LogP contribution in [0.1, 0.15) is 145 Å². The van der Waals surface area contributed by atoms with Crippen molar-refractivity contribution in [1.29, 1.82) is 0 Å². The Bertz CT molecular complexity index is 2690. The van der Waals surface area contributed by atoms with Crippen LogP contribution in [0.5, 0.6) is 0 Å². The molecule has 2 fully saturated rings. The molecule has 0 bridgehead atoms. The van der Waals surface area contributed by atoms with Crippen LogP contribution in [-0.4, -0.2) is 253 Å². The molecule has 2 saturated heterocycles. The van der Waals surface area contributed by atoms with E-state index in [1.807, 2.05) is 19.2 Å². The van der Waals surface area contributed by atoms with Crippen molar-refractivity contribution in [3.8, 4) is 0 Å². The van der Waals surface area contributed by atoms with Crippen LogP contribution in [0.2, 0.25) is 0 Å². The Hall–Kier alpha value is -8.19. The number of carbonyl (C=O) groups excluding carboxylic acids is 12. The molecule has 0 aromatic heterocycles. The van der Waals surface area contributed by atoms with Gasteiger partial charge in [-0.05, 0) is 123 Å². The summed E-state index contributed by atoms with van der Waals surface area (Å²) in [7, 11) is 0. The van der Waals surface area contributed by atoms with Gasteiger partial charge in [0.1, 0.15) is 72.5 Å². The molecular weight excluding hydrogens is 1250 g/mol. The Balaban J connectivity index is 2.23. The molecule has 36 heteroatoms. The summed E-state index contributed by atoms with van der Waals surface area (Å²) in [4.78, 5) is 201. The molecule has 538 valence electrons. The van der Waals surface area contributed by atoms with E-state index in [-0.39, 0.29) is 77.0 Å². The second-order valence-electron chi connectivity index (χ2n) is 24.5. The van der Waals surface area contributed by atoms with Crippen LogP contribution in [0.4, 0.5) is 0 Å². The fourth-order valence-corrected chi connectivity index (χ4v) is 10.5. The van der Waals surface area contributed by atoms with E-state index < -0.39 is 205 Å². The number of likely N-dealkylation sites (tertiary alicyclic amines) is 2. The van der Waals surface area contributed by atoms with Crippen LogP contribution in [-0.2, 0) is 71.9 Å². The van der Waals surface area contributed by atoms with Gasteiger partial charge < -0.3 is 111 Å². The Morgan fingerprint density at radius 2 is 0.884 bits per heavy atom. The molecule has 95 heavy (non-hydrogen) atoms. The predicted molar refractivity (Wildman–Crippen MR) is 335 cm³/mol. The molecule has 22 N–H and O–H groups in total. The molecule has 0 saturated carbocycles. The highest BCUT2D eigenvalue weighted by Crippen LogP contribution is 2.22. The largest absolute Gasteiger partial charge is 0.481 e. The summed E-state index contributed by atoms with van der Waals surface area (Å²) >= 11 is 0. The zero-order valence-corrected chi connectivity index (χ0v) is 55.2. The number of aliphatic hydroxyl groups is 3. The number of carboxylic acid groups (broad SMARTS) is 3. The second kappa shape index (κ2) is 40.9. The van der Waals surface area contributed by atoms with E-state index in [1.54, 1.807) is 6.92 Å². The molecule has 0 radical (unpaired) electrons. The van der Waals surface area contributed by atoms with E-state index in [4.69, 9.17) is 22.3 Å². The van der Waals surface area contributed by atoms with Crippen LogP contribution < -0.4 is 70.4 Å². The number of nitrogens with one attached hydrogen (secondary N) is 10. The number of rotatable bonds is 42. The number of hydrogen-bond acceptors (Lipinski definition) is 21. The Labute approximate surface area is 550 Å². The monoisotopic (exact) mass is 1360 g/mol. The summed E-state index contributed by atoms with van der Waals surface area (Å²) in [6.45, 7) is 11.3. The number of amides is 12. The van der Waals surface area contributed by atoms with Crippen molar-refractivity contribution < 1.29 is 103 Å². The molecule has 0 spiro atoms. The lowest BCUT2D eigenvalue weighted by molar-refractivity contribution is -0.148. The van der Waals surface area contributed by atoms with Gasteiger partial charge in [0.25, 0.3) is 0 Å². The standard InChI is InChI=1S/C59H101N15O21/c1-9-29(4)44(55(90)67-37(25-42(78)79)51(86)68-38(59(94)95)26-43(80)81)70-50(85)36(17-11-13-21-61)66-52(87)39(27-75)69-53(88)40-18-14-22-73(40)57(92)31(6)64-49(84)35(16-10-12-20-60)65-47(82)30(5)63-56(91)45(32(7)76)71-54(89)41-19-15-23-74(41)58(93)46(33(8)77)72-48(83)34(62)24-28(2)3/h28-41,44-46,75-77H,9-27,60-62H2,1-8H3,(H,63,91)(H,64,84)(H,65,82)(H,66,87)(H,67,90)(H,68,86)(H,69,88)(H,70,85)(H,71,89)(H,72,83)(H,78,79)(H,80,81)(H,94,95)/t29-,30-,31-,32+,33+,34-,35-,36-,37-,38-,39-,40-,41-,44-,45-,46-/m0/s1. The van der Waals surface area contributed by atoms with E-state index in [9.17, 15) is 97.5 Å². The maximum Gasteiger partial charge on any atom is 0.326 e. The van der Waals surface area contributed by atoms with E-state index in [0.29, 0.717) is 32.1 Å². The van der Waals surface area contributed by atoms with Crippen molar-refractivity contribution in [3.05, 3.63) is 0 Å². The van der Waals surface area contributed by atoms with Crippen LogP contribution in [0.25, 0.3) is 0 Å². The van der Waals surface area contributed by atoms with Gasteiger partial charge >= 0.3 is 17.9 Å². The zero-order valence-electron chi connectivity index (χ0n) is 55.2. The fourth-order valence-electron chi connectivity index (χ4n) is 10.5. The number of carbonyl (C=O) groups is 15. The summed E-state index contributed by atoms with van der Waals surface area (Å²) in [6, 6.07) is -19.4. The number of unbranched alkanes of at least 4 members (excludes halogenated alkanes) is 2. The smallest absolute Gasteiger partial charge is 0.326 e. The maximum absolute atomic E-state index is 14.1.